The second kappa shape index (κ2) is 7.57. The lowest BCUT2D eigenvalue weighted by molar-refractivity contribution is 0.120. The molecular weight excluding hydrogens is 326 g/mol. The molecule has 0 spiro atoms. The van der Waals surface area contributed by atoms with Gasteiger partial charge in [-0.1, -0.05) is 48.5 Å². The van der Waals surface area contributed by atoms with E-state index in [0.29, 0.717) is 5.89 Å². The molecule has 4 heteroatoms. The van der Waals surface area contributed by atoms with Crippen molar-refractivity contribution in [2.24, 2.45) is 0 Å². The number of oxazole rings is 1. The van der Waals surface area contributed by atoms with Crippen LogP contribution in [-0.4, -0.2) is 11.8 Å². The number of rotatable bonds is 6. The molecule has 0 aliphatic carbocycles. The molecule has 0 atom stereocenters. The van der Waals surface area contributed by atoms with Crippen LogP contribution in [0.15, 0.2) is 95.6 Å². The van der Waals surface area contributed by atoms with E-state index >= 15 is 0 Å². The van der Waals surface area contributed by atoms with Gasteiger partial charge in [0.2, 0.25) is 12.7 Å². The highest BCUT2D eigenvalue weighted by atomic mass is 16.7. The van der Waals surface area contributed by atoms with E-state index < -0.39 is 0 Å². The van der Waals surface area contributed by atoms with Crippen LogP contribution in [0.4, 0.5) is 0 Å². The van der Waals surface area contributed by atoms with E-state index in [-0.39, 0.29) is 6.79 Å². The highest BCUT2D eigenvalue weighted by Crippen LogP contribution is 2.26. The zero-order valence-corrected chi connectivity index (χ0v) is 14.0. The quantitative estimate of drug-likeness (QED) is 0.438. The van der Waals surface area contributed by atoms with Gasteiger partial charge in [0.1, 0.15) is 23.5 Å². The third kappa shape index (κ3) is 3.75. The van der Waals surface area contributed by atoms with Crippen LogP contribution in [0.2, 0.25) is 0 Å². The zero-order valence-electron chi connectivity index (χ0n) is 14.0. The first-order valence-electron chi connectivity index (χ1n) is 8.30. The molecule has 0 bridgehead atoms. The highest BCUT2D eigenvalue weighted by Gasteiger charge is 2.08. The van der Waals surface area contributed by atoms with Crippen LogP contribution < -0.4 is 9.47 Å². The molecule has 0 radical (unpaired) electrons. The Balaban J connectivity index is 1.39. The number of nitrogens with zero attached hydrogens (tertiary/aromatic N) is 1. The average Bonchev–Trinajstić information content (AvgIpc) is 3.20. The lowest BCUT2D eigenvalue weighted by Crippen LogP contribution is -2.05. The molecule has 0 saturated heterocycles. The van der Waals surface area contributed by atoms with E-state index in [1.54, 1.807) is 6.26 Å². The molecule has 1 heterocycles. The van der Waals surface area contributed by atoms with Crippen LogP contribution in [-0.2, 0) is 0 Å². The van der Waals surface area contributed by atoms with Crippen LogP contribution in [0.1, 0.15) is 0 Å². The fourth-order valence-corrected chi connectivity index (χ4v) is 2.52. The monoisotopic (exact) mass is 343 g/mol. The number of ether oxygens (including phenoxy) is 2. The number of hydrogen-bond donors (Lipinski definition) is 0. The van der Waals surface area contributed by atoms with Gasteiger partial charge in [0.25, 0.3) is 0 Å². The lowest BCUT2D eigenvalue weighted by atomic mass is 10.2. The summed E-state index contributed by atoms with van der Waals surface area (Å²) in [6, 6.07) is 27.1. The molecule has 0 fully saturated rings. The summed E-state index contributed by atoms with van der Waals surface area (Å²) < 4.78 is 16.7. The predicted molar refractivity (Wildman–Crippen MR) is 99.9 cm³/mol. The van der Waals surface area contributed by atoms with Gasteiger partial charge in [0.05, 0.1) is 0 Å². The van der Waals surface area contributed by atoms with Gasteiger partial charge in [0.15, 0.2) is 0 Å². The van der Waals surface area contributed by atoms with Gasteiger partial charge >= 0.3 is 0 Å². The van der Waals surface area contributed by atoms with E-state index in [1.165, 1.54) is 0 Å². The van der Waals surface area contributed by atoms with Gasteiger partial charge in [-0.25, -0.2) is 4.98 Å². The van der Waals surface area contributed by atoms with Crippen molar-refractivity contribution in [1.82, 2.24) is 4.98 Å². The maximum absolute atomic E-state index is 5.61. The minimum atomic E-state index is 0.153. The first kappa shape index (κ1) is 16.0. The molecule has 0 saturated carbocycles. The highest BCUT2D eigenvalue weighted by molar-refractivity contribution is 5.62. The van der Waals surface area contributed by atoms with Gasteiger partial charge in [-0.3, -0.25) is 0 Å². The Labute approximate surface area is 151 Å². The number of hydrogen-bond acceptors (Lipinski definition) is 4. The lowest BCUT2D eigenvalue weighted by Gasteiger charge is -2.08. The summed E-state index contributed by atoms with van der Waals surface area (Å²) in [6.45, 7) is 0.153. The Hall–Kier alpha value is -3.53. The van der Waals surface area contributed by atoms with Crippen molar-refractivity contribution < 1.29 is 13.9 Å². The Morgan fingerprint density at radius 1 is 0.654 bits per heavy atom. The molecule has 0 aliphatic heterocycles. The fraction of sp³-hybridized carbons (Fsp3) is 0.0455. The van der Waals surface area contributed by atoms with E-state index in [1.807, 2.05) is 84.9 Å². The van der Waals surface area contributed by atoms with Crippen LogP contribution in [0.25, 0.3) is 22.7 Å². The maximum atomic E-state index is 5.61. The number of aromatic nitrogens is 1. The molecule has 4 rings (SSSR count). The fourth-order valence-electron chi connectivity index (χ4n) is 2.52. The summed E-state index contributed by atoms with van der Waals surface area (Å²) in [7, 11) is 0. The van der Waals surface area contributed by atoms with Gasteiger partial charge in [-0.05, 0) is 36.4 Å². The van der Waals surface area contributed by atoms with E-state index in [0.717, 1.165) is 28.3 Å². The maximum Gasteiger partial charge on any atom is 0.230 e. The van der Waals surface area contributed by atoms with Crippen LogP contribution >= 0.6 is 0 Å². The molecular formula is C22H17NO3. The SMILES string of the molecule is c1ccc(OCOc2ccc(-c3nc(-c4ccccc4)co3)cc2)cc1. The number of benzene rings is 3. The molecule has 0 N–H and O–H groups in total. The molecule has 3 aromatic carbocycles. The Morgan fingerprint density at radius 2 is 1.27 bits per heavy atom. The van der Waals surface area contributed by atoms with E-state index in [2.05, 4.69) is 4.98 Å². The third-order valence-electron chi connectivity index (χ3n) is 3.87. The minimum absolute atomic E-state index is 0.153. The number of para-hydroxylation sites is 1. The summed E-state index contributed by atoms with van der Waals surface area (Å²) in [5, 5.41) is 0. The molecule has 1 aromatic heterocycles. The summed E-state index contributed by atoms with van der Waals surface area (Å²) in [5.74, 6) is 2.08. The summed E-state index contributed by atoms with van der Waals surface area (Å²) in [6.07, 6.45) is 1.67. The standard InChI is InChI=1S/C22H17NO3/c1-3-7-17(8-4-1)21-15-24-22(23-21)18-11-13-20(14-12-18)26-16-25-19-9-5-2-6-10-19/h1-15H,16H2. The van der Waals surface area contributed by atoms with Crippen molar-refractivity contribution in [2.75, 3.05) is 6.79 Å². The van der Waals surface area contributed by atoms with Gasteiger partial charge < -0.3 is 13.9 Å². The van der Waals surface area contributed by atoms with Crippen LogP contribution in [0.5, 0.6) is 11.5 Å². The van der Waals surface area contributed by atoms with Crippen molar-refractivity contribution >= 4 is 0 Å². The van der Waals surface area contributed by atoms with Gasteiger partial charge in [-0.15, -0.1) is 0 Å². The molecule has 4 nitrogen and oxygen atoms in total. The molecule has 4 aromatic rings. The Kier molecular flexibility index (Phi) is 4.65. The van der Waals surface area contributed by atoms with Crippen molar-refractivity contribution in [2.45, 2.75) is 0 Å². The molecule has 26 heavy (non-hydrogen) atoms. The summed E-state index contributed by atoms with van der Waals surface area (Å²) in [5.41, 5.74) is 2.74. The summed E-state index contributed by atoms with van der Waals surface area (Å²) in [4.78, 5) is 4.55. The normalized spacial score (nSPS) is 10.5. The second-order valence-electron chi connectivity index (χ2n) is 5.65. The van der Waals surface area contributed by atoms with Gasteiger partial charge in [0, 0.05) is 11.1 Å². The Morgan fingerprint density at radius 3 is 1.96 bits per heavy atom. The molecule has 0 unspecified atom stereocenters. The largest absolute Gasteiger partial charge is 0.458 e. The van der Waals surface area contributed by atoms with Crippen molar-refractivity contribution in [1.29, 1.82) is 0 Å². The molecule has 0 amide bonds. The van der Waals surface area contributed by atoms with Crippen molar-refractivity contribution in [3.8, 4) is 34.2 Å². The predicted octanol–water partition coefficient (Wildman–Crippen LogP) is 5.42. The summed E-state index contributed by atoms with van der Waals surface area (Å²) >= 11 is 0. The van der Waals surface area contributed by atoms with Crippen molar-refractivity contribution in [3.63, 3.8) is 0 Å². The zero-order chi connectivity index (χ0) is 17.6. The Bertz CT molecular complexity index is 948. The van der Waals surface area contributed by atoms with E-state index in [4.69, 9.17) is 13.9 Å². The van der Waals surface area contributed by atoms with Crippen LogP contribution in [0.3, 0.4) is 0 Å². The topological polar surface area (TPSA) is 44.5 Å². The molecule has 0 aliphatic rings. The third-order valence-corrected chi connectivity index (χ3v) is 3.87. The van der Waals surface area contributed by atoms with E-state index in [9.17, 15) is 0 Å². The smallest absolute Gasteiger partial charge is 0.230 e. The first-order chi connectivity index (χ1) is 12.9. The second-order valence-corrected chi connectivity index (χ2v) is 5.65. The first-order valence-corrected chi connectivity index (χ1v) is 8.30. The minimum Gasteiger partial charge on any atom is -0.458 e. The van der Waals surface area contributed by atoms with Crippen molar-refractivity contribution in [3.05, 3.63) is 91.2 Å². The molecule has 128 valence electrons. The van der Waals surface area contributed by atoms with Gasteiger partial charge in [-0.2, -0.15) is 0 Å². The van der Waals surface area contributed by atoms with Crippen LogP contribution in [0, 0.1) is 0 Å². The average molecular weight is 343 g/mol.